The van der Waals surface area contributed by atoms with E-state index in [-0.39, 0.29) is 35.6 Å². The van der Waals surface area contributed by atoms with Crippen molar-refractivity contribution in [3.8, 4) is 11.1 Å². The van der Waals surface area contributed by atoms with Gasteiger partial charge in [0.15, 0.2) is 5.78 Å². The maximum atomic E-state index is 13.9. The van der Waals surface area contributed by atoms with Gasteiger partial charge >= 0.3 is 0 Å². The Kier molecular flexibility index (Phi) is 6.72. The van der Waals surface area contributed by atoms with Crippen LogP contribution < -0.4 is 5.32 Å². The number of hydrogen-bond acceptors (Lipinski definition) is 7. The van der Waals surface area contributed by atoms with Crippen molar-refractivity contribution in [2.75, 3.05) is 5.32 Å². The first-order valence-corrected chi connectivity index (χ1v) is 14.4. The van der Waals surface area contributed by atoms with Crippen LogP contribution in [0.3, 0.4) is 0 Å². The molecular formula is C30H30BrN7O3. The number of ketones is 1. The van der Waals surface area contributed by atoms with E-state index in [2.05, 4.69) is 48.2 Å². The zero-order valence-electron chi connectivity index (χ0n) is 23.3. The summed E-state index contributed by atoms with van der Waals surface area (Å²) in [6.07, 6.45) is 5.87. The molecule has 11 heteroatoms. The molecule has 3 aromatic heterocycles. The summed E-state index contributed by atoms with van der Waals surface area (Å²) in [5.41, 5.74) is 3.44. The maximum absolute atomic E-state index is 13.9. The van der Waals surface area contributed by atoms with E-state index in [4.69, 9.17) is 0 Å². The molecule has 1 unspecified atom stereocenters. The number of benzene rings is 1. The third kappa shape index (κ3) is 4.81. The minimum absolute atomic E-state index is 0.00885. The van der Waals surface area contributed by atoms with E-state index in [9.17, 15) is 14.4 Å². The summed E-state index contributed by atoms with van der Waals surface area (Å²) >= 11 is 3.36. The number of hydrogen-bond donors (Lipinski definition) is 1. The molecular weight excluding hydrogens is 586 g/mol. The summed E-state index contributed by atoms with van der Waals surface area (Å²) in [5, 5.41) is 8.16. The van der Waals surface area contributed by atoms with E-state index in [1.807, 2.05) is 44.2 Å². The SMILES string of the molecule is CC[C@]12CC1N(C(=O)Cn1nc(C(C)=O)c3cc(-c4cnc(C)nc4)ccc31)[C@H](C(=O)Nc1nc(Br)ccc1C)C2. The number of rotatable bonds is 7. The summed E-state index contributed by atoms with van der Waals surface area (Å²) in [6, 6.07) is 8.75. The van der Waals surface area contributed by atoms with Crippen LogP contribution in [0.4, 0.5) is 5.82 Å². The van der Waals surface area contributed by atoms with Crippen molar-refractivity contribution in [1.82, 2.24) is 29.6 Å². The zero-order chi connectivity index (χ0) is 29.1. The summed E-state index contributed by atoms with van der Waals surface area (Å²) in [6.45, 7) is 7.20. The van der Waals surface area contributed by atoms with Gasteiger partial charge in [-0.3, -0.25) is 19.1 Å². The van der Waals surface area contributed by atoms with Crippen molar-refractivity contribution in [2.45, 2.75) is 65.6 Å². The van der Waals surface area contributed by atoms with Gasteiger partial charge < -0.3 is 10.2 Å². The first kappa shape index (κ1) is 27.2. The highest BCUT2D eigenvalue weighted by atomic mass is 79.9. The number of fused-ring (bicyclic) bond motifs is 2. The Balaban J connectivity index is 1.30. The Bertz CT molecular complexity index is 1720. The van der Waals surface area contributed by atoms with Crippen LogP contribution in [0.5, 0.6) is 0 Å². The maximum Gasteiger partial charge on any atom is 0.248 e. The second-order valence-electron chi connectivity index (χ2n) is 11.1. The van der Waals surface area contributed by atoms with Crippen LogP contribution in [-0.2, 0) is 16.1 Å². The number of aryl methyl sites for hydroxylation is 2. The van der Waals surface area contributed by atoms with Gasteiger partial charge in [0.05, 0.1) is 5.52 Å². The van der Waals surface area contributed by atoms with Gasteiger partial charge in [0.2, 0.25) is 11.8 Å². The molecule has 0 bridgehead atoms. The summed E-state index contributed by atoms with van der Waals surface area (Å²) in [4.78, 5) is 54.7. The highest BCUT2D eigenvalue weighted by Gasteiger charge is 2.66. The molecule has 0 spiro atoms. The van der Waals surface area contributed by atoms with Crippen LogP contribution in [0.1, 0.15) is 55.0 Å². The molecule has 1 aromatic carbocycles. The molecule has 1 saturated carbocycles. The Labute approximate surface area is 245 Å². The third-order valence-electron chi connectivity index (χ3n) is 8.50. The minimum atomic E-state index is -0.608. The molecule has 3 atom stereocenters. The van der Waals surface area contributed by atoms with E-state index in [0.717, 1.165) is 29.5 Å². The van der Waals surface area contributed by atoms with Crippen LogP contribution in [0, 0.1) is 19.3 Å². The Morgan fingerprint density at radius 3 is 2.54 bits per heavy atom. The molecule has 2 aliphatic rings. The second-order valence-corrected chi connectivity index (χ2v) is 11.9. The molecule has 1 N–H and O–H groups in total. The fraction of sp³-hybridized carbons (Fsp3) is 0.367. The molecule has 2 fully saturated rings. The van der Waals surface area contributed by atoms with Crippen molar-refractivity contribution in [3.05, 3.63) is 64.4 Å². The molecule has 10 nitrogen and oxygen atoms in total. The van der Waals surface area contributed by atoms with Crippen molar-refractivity contribution in [3.63, 3.8) is 0 Å². The average molecular weight is 617 g/mol. The molecule has 1 saturated heterocycles. The number of amides is 2. The van der Waals surface area contributed by atoms with E-state index < -0.39 is 6.04 Å². The van der Waals surface area contributed by atoms with Gasteiger partial charge in [-0.05, 0) is 83.8 Å². The van der Waals surface area contributed by atoms with Crippen molar-refractivity contribution in [1.29, 1.82) is 0 Å². The molecule has 41 heavy (non-hydrogen) atoms. The van der Waals surface area contributed by atoms with Gasteiger partial charge in [0.25, 0.3) is 0 Å². The standard InChI is InChI=1S/C30H30BrN7O3/c1-5-30-11-23(29(41)35-28-16(2)6-9-25(31)34-28)38(24(30)12-30)26(40)15-37-22-8-7-19(20-13-32-18(4)33-14-20)10-21(22)27(36-37)17(3)39/h6-10,13-14,23-24H,5,11-12,15H2,1-4H3,(H,34,35,41)/t23-,24?,30-/m0/s1. The number of aromatic nitrogens is 5. The van der Waals surface area contributed by atoms with Crippen LogP contribution in [0.15, 0.2) is 47.3 Å². The number of carbonyl (C=O) groups excluding carboxylic acids is 3. The molecule has 4 heterocycles. The molecule has 2 amide bonds. The second kappa shape index (κ2) is 10.1. The van der Waals surface area contributed by atoms with E-state index in [0.29, 0.717) is 39.3 Å². The number of anilines is 1. The summed E-state index contributed by atoms with van der Waals surface area (Å²) in [7, 11) is 0. The Hall–Kier alpha value is -3.99. The van der Waals surface area contributed by atoms with Gasteiger partial charge in [0, 0.05) is 36.3 Å². The van der Waals surface area contributed by atoms with Gasteiger partial charge in [-0.2, -0.15) is 5.10 Å². The quantitative estimate of drug-likeness (QED) is 0.232. The van der Waals surface area contributed by atoms with E-state index in [1.165, 1.54) is 6.92 Å². The molecule has 4 aromatic rings. The number of pyridine rings is 1. The van der Waals surface area contributed by atoms with Crippen molar-refractivity contribution >= 4 is 50.2 Å². The Morgan fingerprint density at radius 2 is 1.83 bits per heavy atom. The molecule has 1 aliphatic carbocycles. The third-order valence-corrected chi connectivity index (χ3v) is 8.94. The average Bonchev–Trinajstić information content (AvgIpc) is 3.38. The largest absolute Gasteiger partial charge is 0.325 e. The zero-order valence-corrected chi connectivity index (χ0v) is 24.9. The minimum Gasteiger partial charge on any atom is -0.325 e. The fourth-order valence-electron chi connectivity index (χ4n) is 6.05. The van der Waals surface area contributed by atoms with Gasteiger partial charge in [0.1, 0.15) is 34.5 Å². The predicted molar refractivity (Wildman–Crippen MR) is 157 cm³/mol. The smallest absolute Gasteiger partial charge is 0.248 e. The monoisotopic (exact) mass is 615 g/mol. The number of nitrogens with zero attached hydrogens (tertiary/aromatic N) is 6. The fourth-order valence-corrected chi connectivity index (χ4v) is 6.36. The predicted octanol–water partition coefficient (Wildman–Crippen LogP) is 4.88. The molecule has 6 rings (SSSR count). The van der Waals surface area contributed by atoms with E-state index >= 15 is 0 Å². The number of nitrogens with one attached hydrogen (secondary N) is 1. The van der Waals surface area contributed by atoms with Crippen LogP contribution >= 0.6 is 15.9 Å². The lowest BCUT2D eigenvalue weighted by molar-refractivity contribution is -0.138. The van der Waals surface area contributed by atoms with E-state index in [1.54, 1.807) is 22.0 Å². The number of likely N-dealkylation sites (tertiary alicyclic amines) is 1. The summed E-state index contributed by atoms with van der Waals surface area (Å²) in [5.74, 6) is 0.511. The van der Waals surface area contributed by atoms with Crippen molar-refractivity contribution in [2.24, 2.45) is 5.41 Å². The molecule has 0 radical (unpaired) electrons. The van der Waals surface area contributed by atoms with Crippen LogP contribution in [0.2, 0.25) is 0 Å². The number of halogens is 1. The lowest BCUT2D eigenvalue weighted by Crippen LogP contribution is -2.47. The number of carbonyl (C=O) groups is 3. The van der Waals surface area contributed by atoms with Gasteiger partial charge in [-0.15, -0.1) is 0 Å². The Morgan fingerprint density at radius 1 is 1.07 bits per heavy atom. The number of piperidine rings is 1. The van der Waals surface area contributed by atoms with Crippen molar-refractivity contribution < 1.29 is 14.4 Å². The molecule has 210 valence electrons. The first-order chi connectivity index (χ1) is 19.6. The summed E-state index contributed by atoms with van der Waals surface area (Å²) < 4.78 is 2.20. The normalized spacial score (nSPS) is 21.1. The topological polar surface area (TPSA) is 123 Å². The highest BCUT2D eigenvalue weighted by molar-refractivity contribution is 9.10. The highest BCUT2D eigenvalue weighted by Crippen LogP contribution is 2.61. The van der Waals surface area contributed by atoms with Gasteiger partial charge in [-0.25, -0.2) is 15.0 Å². The first-order valence-electron chi connectivity index (χ1n) is 13.7. The van der Waals surface area contributed by atoms with Crippen LogP contribution in [0.25, 0.3) is 22.0 Å². The molecule has 1 aliphatic heterocycles. The lowest BCUT2D eigenvalue weighted by atomic mass is 9.96. The van der Waals surface area contributed by atoms with Gasteiger partial charge in [-0.1, -0.05) is 19.1 Å². The number of Topliss-reactive ketones (excluding diaryl/α,β-unsaturated/α-hetero) is 1. The van der Waals surface area contributed by atoms with Crippen LogP contribution in [-0.4, -0.2) is 59.3 Å². The lowest BCUT2D eigenvalue weighted by Gasteiger charge is -2.27.